The van der Waals surface area contributed by atoms with Gasteiger partial charge in [0.25, 0.3) is 0 Å². The van der Waals surface area contributed by atoms with Gasteiger partial charge in [0.1, 0.15) is 5.60 Å². The number of hydrogen-bond donors (Lipinski definition) is 0. The Labute approximate surface area is 99.0 Å². The summed E-state index contributed by atoms with van der Waals surface area (Å²) in [6.45, 7) is 0. The first-order valence-corrected chi connectivity index (χ1v) is 6.54. The Kier molecular flexibility index (Phi) is 2.37. The summed E-state index contributed by atoms with van der Waals surface area (Å²) in [7, 11) is 0. The van der Waals surface area contributed by atoms with Crippen molar-refractivity contribution in [2.24, 2.45) is 0 Å². The maximum absolute atomic E-state index is 5.97. The molecule has 1 aliphatic heterocycles. The predicted molar refractivity (Wildman–Crippen MR) is 63.8 cm³/mol. The molecule has 2 atom stereocenters. The van der Waals surface area contributed by atoms with Crippen LogP contribution < -0.4 is 0 Å². The minimum Gasteiger partial charge on any atom is -0.361 e. The Bertz CT molecular complexity index is 377. The number of ether oxygens (including phenoxy) is 1. The van der Waals surface area contributed by atoms with Gasteiger partial charge in [-0.25, -0.2) is 0 Å². The summed E-state index contributed by atoms with van der Waals surface area (Å²) in [5.74, 6) is 0. The molecule has 2 aliphatic rings. The lowest BCUT2D eigenvalue weighted by Gasteiger charge is -2.11. The van der Waals surface area contributed by atoms with Crippen LogP contribution in [0.5, 0.6) is 0 Å². The molecule has 0 bridgehead atoms. The Hall–Kier alpha value is -0.340. The van der Waals surface area contributed by atoms with E-state index in [1.807, 2.05) is 0 Å². The summed E-state index contributed by atoms with van der Waals surface area (Å²) < 4.78 is 7.13. The van der Waals surface area contributed by atoms with Crippen LogP contribution in [-0.4, -0.2) is 6.10 Å². The topological polar surface area (TPSA) is 12.5 Å². The quantitative estimate of drug-likeness (QED) is 0.700. The summed E-state index contributed by atoms with van der Waals surface area (Å²) in [5, 5.41) is 0. The normalized spacial score (nSPS) is 34.3. The van der Waals surface area contributed by atoms with Crippen molar-refractivity contribution in [1.29, 1.82) is 0 Å². The van der Waals surface area contributed by atoms with Gasteiger partial charge in [0, 0.05) is 4.47 Å². The van der Waals surface area contributed by atoms with Gasteiger partial charge >= 0.3 is 0 Å². The van der Waals surface area contributed by atoms with Crippen molar-refractivity contribution < 1.29 is 4.74 Å². The van der Waals surface area contributed by atoms with Crippen molar-refractivity contribution in [3.63, 3.8) is 0 Å². The summed E-state index contributed by atoms with van der Waals surface area (Å²) in [4.78, 5) is 0. The molecular weight excluding hydrogens is 252 g/mol. The molecule has 1 aromatic rings. The van der Waals surface area contributed by atoms with E-state index < -0.39 is 0 Å². The van der Waals surface area contributed by atoms with Gasteiger partial charge in [-0.15, -0.1) is 0 Å². The van der Waals surface area contributed by atoms with Crippen molar-refractivity contribution >= 4 is 15.9 Å². The van der Waals surface area contributed by atoms with Crippen LogP contribution in [0, 0.1) is 0 Å². The molecule has 2 unspecified atom stereocenters. The highest BCUT2D eigenvalue weighted by atomic mass is 79.9. The molecule has 2 fully saturated rings. The minimum atomic E-state index is 0.0836. The highest BCUT2D eigenvalue weighted by Crippen LogP contribution is 2.54. The van der Waals surface area contributed by atoms with E-state index in [1.54, 1.807) is 0 Å². The Morgan fingerprint density at radius 3 is 3.07 bits per heavy atom. The third kappa shape index (κ3) is 1.64. The van der Waals surface area contributed by atoms with Gasteiger partial charge in [-0.3, -0.25) is 0 Å². The molecule has 1 heterocycles. The van der Waals surface area contributed by atoms with Crippen LogP contribution in [-0.2, 0) is 10.3 Å². The molecule has 1 aliphatic carbocycles. The van der Waals surface area contributed by atoms with E-state index in [0.717, 1.165) is 4.47 Å². The highest BCUT2D eigenvalue weighted by molar-refractivity contribution is 9.10. The lowest BCUT2D eigenvalue weighted by Crippen LogP contribution is -2.11. The number of rotatable bonds is 1. The van der Waals surface area contributed by atoms with E-state index in [0.29, 0.717) is 6.10 Å². The molecule has 1 aromatic carbocycles. The predicted octanol–water partition coefficient (Wildman–Crippen LogP) is 4.01. The number of halogens is 1. The van der Waals surface area contributed by atoms with E-state index in [-0.39, 0.29) is 5.60 Å². The molecular formula is C13H15BrO. The van der Waals surface area contributed by atoms with E-state index in [4.69, 9.17) is 4.74 Å². The molecule has 15 heavy (non-hydrogen) atoms. The third-order valence-electron chi connectivity index (χ3n) is 3.64. The lowest BCUT2D eigenvalue weighted by molar-refractivity contribution is 0.265. The molecule has 80 valence electrons. The van der Waals surface area contributed by atoms with E-state index in [1.165, 1.54) is 37.7 Å². The monoisotopic (exact) mass is 266 g/mol. The van der Waals surface area contributed by atoms with Crippen molar-refractivity contribution in [3.05, 3.63) is 34.3 Å². The highest BCUT2D eigenvalue weighted by Gasteiger charge is 2.57. The average Bonchev–Trinajstić information content (AvgIpc) is 2.91. The third-order valence-corrected chi connectivity index (χ3v) is 4.14. The zero-order chi connectivity index (χ0) is 10.3. The van der Waals surface area contributed by atoms with Crippen molar-refractivity contribution in [2.45, 2.75) is 43.8 Å². The van der Waals surface area contributed by atoms with Crippen LogP contribution in [0.4, 0.5) is 0 Å². The zero-order valence-electron chi connectivity index (χ0n) is 8.71. The van der Waals surface area contributed by atoms with Gasteiger partial charge in [0.05, 0.1) is 6.10 Å². The van der Waals surface area contributed by atoms with E-state index in [9.17, 15) is 0 Å². The number of benzene rings is 1. The van der Waals surface area contributed by atoms with Crippen LogP contribution in [0.25, 0.3) is 0 Å². The first-order chi connectivity index (χ1) is 7.31. The Morgan fingerprint density at radius 1 is 1.27 bits per heavy atom. The first kappa shape index (κ1) is 9.86. The summed E-state index contributed by atoms with van der Waals surface area (Å²) in [6.07, 6.45) is 6.95. The van der Waals surface area contributed by atoms with Crippen LogP contribution in [0.15, 0.2) is 28.7 Å². The van der Waals surface area contributed by atoms with Crippen molar-refractivity contribution in [1.82, 2.24) is 0 Å². The lowest BCUT2D eigenvalue weighted by atomic mass is 9.91. The second kappa shape index (κ2) is 3.60. The maximum Gasteiger partial charge on any atom is 0.120 e. The smallest absolute Gasteiger partial charge is 0.120 e. The van der Waals surface area contributed by atoms with Gasteiger partial charge < -0.3 is 4.74 Å². The number of epoxide rings is 1. The van der Waals surface area contributed by atoms with Gasteiger partial charge in [0.2, 0.25) is 0 Å². The van der Waals surface area contributed by atoms with Crippen LogP contribution in [0.1, 0.15) is 37.7 Å². The fourth-order valence-electron chi connectivity index (χ4n) is 2.78. The molecule has 2 heteroatoms. The summed E-state index contributed by atoms with van der Waals surface area (Å²) in [5.41, 5.74) is 1.45. The molecule has 0 aromatic heterocycles. The zero-order valence-corrected chi connectivity index (χ0v) is 10.3. The minimum absolute atomic E-state index is 0.0836. The molecule has 3 rings (SSSR count). The first-order valence-electron chi connectivity index (χ1n) is 5.75. The molecule has 0 spiro atoms. The van der Waals surface area contributed by atoms with E-state index in [2.05, 4.69) is 40.2 Å². The Balaban J connectivity index is 1.93. The largest absolute Gasteiger partial charge is 0.361 e. The summed E-state index contributed by atoms with van der Waals surface area (Å²) in [6, 6.07) is 8.60. The van der Waals surface area contributed by atoms with Crippen LogP contribution in [0.3, 0.4) is 0 Å². The fourth-order valence-corrected chi connectivity index (χ4v) is 3.18. The average molecular weight is 267 g/mol. The number of fused-ring (bicyclic) bond motifs is 1. The van der Waals surface area contributed by atoms with Crippen molar-refractivity contribution in [2.75, 3.05) is 0 Å². The number of hydrogen-bond acceptors (Lipinski definition) is 1. The molecule has 1 saturated carbocycles. The molecule has 1 saturated heterocycles. The standard InChI is InChI=1S/C13H15BrO/c14-11-6-4-5-10(9-11)13-8-3-1-2-7-12(13)15-13/h4-6,9,12H,1-3,7-8H2. The van der Waals surface area contributed by atoms with E-state index >= 15 is 0 Å². The molecule has 0 amide bonds. The van der Waals surface area contributed by atoms with Crippen LogP contribution in [0.2, 0.25) is 0 Å². The second-order valence-corrected chi connectivity index (χ2v) is 5.52. The van der Waals surface area contributed by atoms with Gasteiger partial charge in [0.15, 0.2) is 0 Å². The molecule has 0 N–H and O–H groups in total. The SMILES string of the molecule is Brc1cccc(C23CCCCCC2O3)c1. The maximum atomic E-state index is 5.97. The van der Waals surface area contributed by atoms with Crippen molar-refractivity contribution in [3.8, 4) is 0 Å². The molecule has 0 radical (unpaired) electrons. The van der Waals surface area contributed by atoms with Gasteiger partial charge in [-0.2, -0.15) is 0 Å². The van der Waals surface area contributed by atoms with Crippen LogP contribution >= 0.6 is 15.9 Å². The molecule has 1 nitrogen and oxygen atoms in total. The second-order valence-electron chi connectivity index (χ2n) is 4.61. The van der Waals surface area contributed by atoms with Gasteiger partial charge in [-0.1, -0.05) is 47.3 Å². The Morgan fingerprint density at radius 2 is 2.20 bits per heavy atom. The van der Waals surface area contributed by atoms with Gasteiger partial charge in [-0.05, 0) is 30.5 Å². The fraction of sp³-hybridized carbons (Fsp3) is 0.538. The summed E-state index contributed by atoms with van der Waals surface area (Å²) >= 11 is 3.54.